The van der Waals surface area contributed by atoms with Gasteiger partial charge in [-0.25, -0.2) is 4.39 Å². The summed E-state index contributed by atoms with van der Waals surface area (Å²) in [6.45, 7) is 1.79. The Morgan fingerprint density at radius 2 is 2.07 bits per heavy atom. The fourth-order valence-electron chi connectivity index (χ4n) is 2.41. The van der Waals surface area contributed by atoms with Crippen molar-refractivity contribution in [3.05, 3.63) is 52.3 Å². The number of benzene rings is 2. The minimum absolute atomic E-state index is 0.0876. The van der Waals surface area contributed by atoms with E-state index in [0.29, 0.717) is 22.2 Å². The van der Waals surface area contributed by atoms with Crippen LogP contribution in [0.3, 0.4) is 0 Å². The van der Waals surface area contributed by atoms with E-state index in [4.69, 9.17) is 0 Å². The van der Waals surface area contributed by atoms with Crippen molar-refractivity contribution in [2.75, 3.05) is 11.1 Å². The van der Waals surface area contributed by atoms with Gasteiger partial charge < -0.3 is 15.0 Å². The number of aryl methyl sites for hydroxylation is 1. The summed E-state index contributed by atoms with van der Waals surface area (Å²) >= 11 is 4.56. The summed E-state index contributed by atoms with van der Waals surface area (Å²) in [5.41, 5.74) is 1.75. The van der Waals surface area contributed by atoms with Gasteiger partial charge in [0, 0.05) is 17.2 Å². The van der Waals surface area contributed by atoms with Crippen LogP contribution < -0.4 is 5.32 Å². The van der Waals surface area contributed by atoms with Gasteiger partial charge in [-0.05, 0) is 42.8 Å². The number of phenolic OH excluding ortho intramolecular Hbond substituents is 1. The summed E-state index contributed by atoms with van der Waals surface area (Å²) in [4.78, 5) is 12.2. The number of carbonyl (C=O) groups excluding carboxylic acids is 1. The van der Waals surface area contributed by atoms with Crippen LogP contribution in [0.5, 0.6) is 5.75 Å². The highest BCUT2D eigenvalue weighted by Crippen LogP contribution is 2.32. The zero-order valence-electron chi connectivity index (χ0n) is 14.5. The van der Waals surface area contributed by atoms with Crippen molar-refractivity contribution in [1.82, 2.24) is 14.8 Å². The number of hydrogen-bond acceptors (Lipinski definition) is 5. The number of nitrogens with zero attached hydrogens (tertiary/aromatic N) is 3. The first-order valence-corrected chi connectivity index (χ1v) is 9.70. The molecular formula is C18H16BrFN4O2S. The second-order valence-electron chi connectivity index (χ2n) is 5.82. The molecule has 0 radical (unpaired) electrons. The molecule has 0 spiro atoms. The number of hydrogen-bond donors (Lipinski definition) is 2. The van der Waals surface area contributed by atoms with Gasteiger partial charge in [-0.1, -0.05) is 33.8 Å². The van der Waals surface area contributed by atoms with Crippen molar-refractivity contribution in [2.45, 2.75) is 12.1 Å². The lowest BCUT2D eigenvalue weighted by atomic mass is 10.2. The van der Waals surface area contributed by atoms with Crippen molar-refractivity contribution in [1.29, 1.82) is 0 Å². The van der Waals surface area contributed by atoms with Gasteiger partial charge >= 0.3 is 0 Å². The van der Waals surface area contributed by atoms with Gasteiger partial charge in [-0.2, -0.15) is 0 Å². The molecule has 6 nitrogen and oxygen atoms in total. The van der Waals surface area contributed by atoms with Gasteiger partial charge in [-0.3, -0.25) is 4.79 Å². The number of aromatic hydroxyl groups is 1. The molecule has 0 aliphatic heterocycles. The Balaban J connectivity index is 1.70. The van der Waals surface area contributed by atoms with E-state index in [0.717, 1.165) is 10.0 Å². The highest BCUT2D eigenvalue weighted by Gasteiger charge is 2.16. The molecule has 3 rings (SSSR count). The Labute approximate surface area is 167 Å². The number of phenols is 1. The van der Waals surface area contributed by atoms with E-state index in [1.54, 1.807) is 42.8 Å². The molecule has 27 heavy (non-hydrogen) atoms. The predicted octanol–water partition coefficient (Wildman–Crippen LogP) is 4.13. The lowest BCUT2D eigenvalue weighted by molar-refractivity contribution is -0.113. The number of thioether (sulfide) groups is 1. The molecule has 1 amide bonds. The fraction of sp³-hybridized carbons (Fsp3) is 0.167. The van der Waals surface area contributed by atoms with Gasteiger partial charge in [0.2, 0.25) is 5.91 Å². The third-order valence-corrected chi connectivity index (χ3v) is 5.35. The Morgan fingerprint density at radius 3 is 2.85 bits per heavy atom. The van der Waals surface area contributed by atoms with E-state index in [2.05, 4.69) is 31.4 Å². The normalized spacial score (nSPS) is 10.8. The molecule has 1 aromatic heterocycles. The van der Waals surface area contributed by atoms with Crippen molar-refractivity contribution in [2.24, 2.45) is 7.05 Å². The van der Waals surface area contributed by atoms with E-state index < -0.39 is 5.82 Å². The van der Waals surface area contributed by atoms with Gasteiger partial charge in [0.15, 0.2) is 11.0 Å². The first-order valence-electron chi connectivity index (χ1n) is 7.92. The number of carbonyl (C=O) groups is 1. The van der Waals surface area contributed by atoms with Crippen LogP contribution in [0.4, 0.5) is 10.1 Å². The monoisotopic (exact) mass is 450 g/mol. The summed E-state index contributed by atoms with van der Waals surface area (Å²) in [7, 11) is 1.76. The lowest BCUT2D eigenvalue weighted by Crippen LogP contribution is -2.15. The predicted molar refractivity (Wildman–Crippen MR) is 106 cm³/mol. The van der Waals surface area contributed by atoms with Gasteiger partial charge in [0.25, 0.3) is 0 Å². The smallest absolute Gasteiger partial charge is 0.234 e. The lowest BCUT2D eigenvalue weighted by Gasteiger charge is -2.08. The summed E-state index contributed by atoms with van der Waals surface area (Å²) in [5.74, 6) is -0.0204. The number of halogens is 2. The molecule has 9 heteroatoms. The summed E-state index contributed by atoms with van der Waals surface area (Å²) < 4.78 is 15.8. The van der Waals surface area contributed by atoms with E-state index >= 15 is 0 Å². The maximum absolute atomic E-state index is 13.3. The fourth-order valence-corrected chi connectivity index (χ4v) is 3.48. The minimum atomic E-state index is -0.407. The second-order valence-corrected chi connectivity index (χ2v) is 7.68. The number of amides is 1. The first-order chi connectivity index (χ1) is 12.8. The standard InChI is InChI=1S/C18H16BrFN4O2S/c1-10-3-5-12(20)8-14(10)21-16(26)9-27-18-23-22-17(24(18)2)13-7-11(19)4-6-15(13)25/h3-8,25H,9H2,1-2H3,(H,21,26). The Kier molecular flexibility index (Phi) is 5.81. The van der Waals surface area contributed by atoms with Crippen molar-refractivity contribution < 1.29 is 14.3 Å². The maximum Gasteiger partial charge on any atom is 0.234 e. The first kappa shape index (κ1) is 19.4. The van der Waals surface area contributed by atoms with Crippen LogP contribution in [-0.2, 0) is 11.8 Å². The summed E-state index contributed by atoms with van der Waals surface area (Å²) in [6, 6.07) is 9.27. The molecule has 0 atom stereocenters. The summed E-state index contributed by atoms with van der Waals surface area (Å²) in [6.07, 6.45) is 0. The third-order valence-electron chi connectivity index (χ3n) is 3.84. The highest BCUT2D eigenvalue weighted by molar-refractivity contribution is 9.10. The molecule has 2 aromatic carbocycles. The van der Waals surface area contributed by atoms with Crippen molar-refractivity contribution in [3.8, 4) is 17.1 Å². The van der Waals surface area contributed by atoms with Crippen LogP contribution in [0.15, 0.2) is 46.0 Å². The number of aromatic nitrogens is 3. The van der Waals surface area contributed by atoms with Crippen LogP contribution >= 0.6 is 27.7 Å². The maximum atomic E-state index is 13.3. The number of rotatable bonds is 5. The zero-order valence-corrected chi connectivity index (χ0v) is 16.9. The van der Waals surface area contributed by atoms with Crippen LogP contribution in [0.1, 0.15) is 5.56 Å². The highest BCUT2D eigenvalue weighted by atomic mass is 79.9. The quantitative estimate of drug-likeness (QED) is 0.571. The van der Waals surface area contributed by atoms with E-state index in [1.165, 1.54) is 23.9 Å². The molecule has 0 bridgehead atoms. The van der Waals surface area contributed by atoms with E-state index in [1.807, 2.05) is 0 Å². The van der Waals surface area contributed by atoms with Crippen LogP contribution in [0.2, 0.25) is 0 Å². The van der Waals surface area contributed by atoms with Crippen molar-refractivity contribution >= 4 is 39.3 Å². The molecule has 0 unspecified atom stereocenters. The molecule has 140 valence electrons. The molecule has 0 aliphatic rings. The van der Waals surface area contributed by atoms with Crippen LogP contribution in [0.25, 0.3) is 11.4 Å². The molecular weight excluding hydrogens is 435 g/mol. The number of anilines is 1. The Bertz CT molecular complexity index is 1010. The zero-order chi connectivity index (χ0) is 19.6. The van der Waals surface area contributed by atoms with E-state index in [-0.39, 0.29) is 17.4 Å². The second kappa shape index (κ2) is 8.10. The van der Waals surface area contributed by atoms with Crippen LogP contribution in [-0.4, -0.2) is 31.5 Å². The molecule has 0 fully saturated rings. The molecule has 0 saturated heterocycles. The Morgan fingerprint density at radius 1 is 1.30 bits per heavy atom. The van der Waals surface area contributed by atoms with Gasteiger partial charge in [-0.15, -0.1) is 10.2 Å². The molecule has 0 aliphatic carbocycles. The van der Waals surface area contributed by atoms with Gasteiger partial charge in [0.05, 0.1) is 11.3 Å². The van der Waals surface area contributed by atoms with E-state index in [9.17, 15) is 14.3 Å². The number of nitrogens with one attached hydrogen (secondary N) is 1. The molecule has 2 N–H and O–H groups in total. The molecule has 1 heterocycles. The average molecular weight is 451 g/mol. The molecule has 0 saturated carbocycles. The van der Waals surface area contributed by atoms with Crippen molar-refractivity contribution in [3.63, 3.8) is 0 Å². The average Bonchev–Trinajstić information content (AvgIpc) is 2.99. The third kappa shape index (κ3) is 4.48. The Hall–Kier alpha value is -2.39. The van der Waals surface area contributed by atoms with Gasteiger partial charge in [0.1, 0.15) is 11.6 Å². The SMILES string of the molecule is Cc1ccc(F)cc1NC(=O)CSc1nnc(-c2cc(Br)ccc2O)n1C. The minimum Gasteiger partial charge on any atom is -0.507 e. The summed E-state index contributed by atoms with van der Waals surface area (Å²) in [5, 5.41) is 21.5. The topological polar surface area (TPSA) is 80.0 Å². The molecule has 3 aromatic rings. The van der Waals surface area contributed by atoms with Crippen LogP contribution in [0, 0.1) is 12.7 Å². The largest absolute Gasteiger partial charge is 0.507 e.